The molecule has 0 bridgehead atoms. The van der Waals surface area contributed by atoms with Crippen LogP contribution in [-0.4, -0.2) is 44.8 Å². The number of alkyl halides is 3. The second kappa shape index (κ2) is 6.59. The number of nitrogens with zero attached hydrogens (tertiary/aromatic N) is 1. The van der Waals surface area contributed by atoms with E-state index in [4.69, 9.17) is 0 Å². The van der Waals surface area contributed by atoms with Gasteiger partial charge in [-0.1, -0.05) is 6.42 Å². The molecule has 17 heavy (non-hydrogen) atoms. The summed E-state index contributed by atoms with van der Waals surface area (Å²) >= 11 is 0. The summed E-state index contributed by atoms with van der Waals surface area (Å²) in [7, 11) is 3.86. The van der Waals surface area contributed by atoms with E-state index in [1.807, 2.05) is 14.1 Å². The molecule has 0 heterocycles. The largest absolute Gasteiger partial charge is 0.391 e. The minimum absolute atomic E-state index is 0.206. The van der Waals surface area contributed by atoms with Crippen molar-refractivity contribution in [3.05, 3.63) is 0 Å². The Labute approximate surface area is 102 Å². The van der Waals surface area contributed by atoms with Gasteiger partial charge in [0, 0.05) is 19.6 Å². The van der Waals surface area contributed by atoms with Crippen molar-refractivity contribution in [1.82, 2.24) is 10.2 Å². The SMILES string of the molecule is CNCCN(C)CC1CCCC(C(F)(F)F)C1. The summed E-state index contributed by atoms with van der Waals surface area (Å²) in [6.45, 7) is 2.56. The molecule has 0 radical (unpaired) electrons. The van der Waals surface area contributed by atoms with E-state index in [9.17, 15) is 13.2 Å². The monoisotopic (exact) mass is 252 g/mol. The topological polar surface area (TPSA) is 15.3 Å². The van der Waals surface area contributed by atoms with Crippen LogP contribution in [0.1, 0.15) is 25.7 Å². The van der Waals surface area contributed by atoms with Crippen LogP contribution in [0.25, 0.3) is 0 Å². The van der Waals surface area contributed by atoms with E-state index in [0.29, 0.717) is 19.3 Å². The van der Waals surface area contributed by atoms with Gasteiger partial charge in [-0.15, -0.1) is 0 Å². The van der Waals surface area contributed by atoms with E-state index >= 15 is 0 Å². The maximum absolute atomic E-state index is 12.6. The summed E-state index contributed by atoms with van der Waals surface area (Å²) in [5.74, 6) is -0.865. The van der Waals surface area contributed by atoms with Gasteiger partial charge >= 0.3 is 6.18 Å². The van der Waals surface area contributed by atoms with Crippen molar-refractivity contribution < 1.29 is 13.2 Å². The molecule has 0 aliphatic heterocycles. The lowest BCUT2D eigenvalue weighted by Crippen LogP contribution is -2.36. The Hall–Kier alpha value is -0.290. The lowest BCUT2D eigenvalue weighted by Gasteiger charge is -2.32. The number of nitrogens with one attached hydrogen (secondary N) is 1. The number of hydrogen-bond acceptors (Lipinski definition) is 2. The fraction of sp³-hybridized carbons (Fsp3) is 1.00. The Morgan fingerprint density at radius 2 is 2.00 bits per heavy atom. The number of likely N-dealkylation sites (N-methyl/N-ethyl adjacent to an activating group) is 2. The Balaban J connectivity index is 2.34. The van der Waals surface area contributed by atoms with Crippen LogP contribution in [0, 0.1) is 11.8 Å². The van der Waals surface area contributed by atoms with Gasteiger partial charge in [0.25, 0.3) is 0 Å². The Bertz CT molecular complexity index is 218. The highest BCUT2D eigenvalue weighted by Crippen LogP contribution is 2.39. The van der Waals surface area contributed by atoms with Crippen LogP contribution in [0.3, 0.4) is 0 Å². The molecule has 1 N–H and O–H groups in total. The van der Waals surface area contributed by atoms with Crippen molar-refractivity contribution in [1.29, 1.82) is 0 Å². The molecule has 1 rings (SSSR count). The molecule has 0 amide bonds. The van der Waals surface area contributed by atoms with Crippen LogP contribution in [0.4, 0.5) is 13.2 Å². The molecule has 0 aromatic heterocycles. The van der Waals surface area contributed by atoms with Gasteiger partial charge in [0.15, 0.2) is 0 Å². The molecular formula is C12H23F3N2. The predicted octanol–water partition coefficient (Wildman–Crippen LogP) is 2.51. The third kappa shape index (κ3) is 5.25. The first kappa shape index (κ1) is 14.8. The van der Waals surface area contributed by atoms with Crippen LogP contribution < -0.4 is 5.32 Å². The number of rotatable bonds is 5. The maximum Gasteiger partial charge on any atom is 0.391 e. The van der Waals surface area contributed by atoms with Gasteiger partial charge in [-0.3, -0.25) is 0 Å². The van der Waals surface area contributed by atoms with E-state index in [1.54, 1.807) is 0 Å². The van der Waals surface area contributed by atoms with E-state index in [0.717, 1.165) is 26.1 Å². The first-order valence-corrected chi connectivity index (χ1v) is 6.33. The molecule has 2 unspecified atom stereocenters. The summed E-state index contributed by atoms with van der Waals surface area (Å²) in [6, 6.07) is 0. The molecule has 0 spiro atoms. The fourth-order valence-corrected chi connectivity index (χ4v) is 2.59. The highest BCUT2D eigenvalue weighted by atomic mass is 19.4. The van der Waals surface area contributed by atoms with Gasteiger partial charge < -0.3 is 10.2 Å². The van der Waals surface area contributed by atoms with Crippen molar-refractivity contribution in [3.8, 4) is 0 Å². The summed E-state index contributed by atoms with van der Waals surface area (Å²) in [6.07, 6.45) is -1.71. The molecule has 5 heteroatoms. The number of halogens is 3. The highest BCUT2D eigenvalue weighted by Gasteiger charge is 2.42. The molecule has 0 saturated heterocycles. The van der Waals surface area contributed by atoms with Crippen LogP contribution in [-0.2, 0) is 0 Å². The molecule has 1 aliphatic rings. The molecule has 0 aromatic carbocycles. The average molecular weight is 252 g/mol. The molecule has 2 atom stereocenters. The molecule has 1 saturated carbocycles. The normalized spacial score (nSPS) is 26.5. The van der Waals surface area contributed by atoms with Crippen LogP contribution in [0.15, 0.2) is 0 Å². The smallest absolute Gasteiger partial charge is 0.318 e. The Morgan fingerprint density at radius 3 is 2.59 bits per heavy atom. The molecule has 102 valence electrons. The lowest BCUT2D eigenvalue weighted by atomic mass is 9.81. The molecular weight excluding hydrogens is 229 g/mol. The third-order valence-corrected chi connectivity index (χ3v) is 3.56. The summed E-state index contributed by atoms with van der Waals surface area (Å²) < 4.78 is 37.9. The minimum atomic E-state index is -4.00. The van der Waals surface area contributed by atoms with Gasteiger partial charge in [0.2, 0.25) is 0 Å². The lowest BCUT2D eigenvalue weighted by molar-refractivity contribution is -0.186. The first-order chi connectivity index (χ1) is 7.93. The zero-order valence-electron chi connectivity index (χ0n) is 10.7. The van der Waals surface area contributed by atoms with Gasteiger partial charge in [-0.05, 0) is 39.3 Å². The van der Waals surface area contributed by atoms with E-state index in [-0.39, 0.29) is 5.92 Å². The van der Waals surface area contributed by atoms with E-state index in [2.05, 4.69) is 10.2 Å². The minimum Gasteiger partial charge on any atom is -0.318 e. The highest BCUT2D eigenvalue weighted by molar-refractivity contribution is 4.79. The van der Waals surface area contributed by atoms with Crippen LogP contribution >= 0.6 is 0 Å². The summed E-state index contributed by atoms with van der Waals surface area (Å²) in [5, 5.41) is 3.05. The van der Waals surface area contributed by atoms with E-state index in [1.165, 1.54) is 0 Å². The maximum atomic E-state index is 12.6. The molecule has 0 aromatic rings. The van der Waals surface area contributed by atoms with Gasteiger partial charge in [-0.2, -0.15) is 13.2 Å². The van der Waals surface area contributed by atoms with Crippen molar-refractivity contribution in [2.45, 2.75) is 31.9 Å². The zero-order chi connectivity index (χ0) is 12.9. The second-order valence-electron chi connectivity index (χ2n) is 5.14. The standard InChI is InChI=1S/C12H23F3N2/c1-16-6-7-17(2)9-10-4-3-5-11(8-10)12(13,14)15/h10-11,16H,3-9H2,1-2H3. The molecule has 2 nitrogen and oxygen atoms in total. The van der Waals surface area contributed by atoms with Crippen molar-refractivity contribution in [2.75, 3.05) is 33.7 Å². The van der Waals surface area contributed by atoms with Crippen molar-refractivity contribution in [2.24, 2.45) is 11.8 Å². The first-order valence-electron chi connectivity index (χ1n) is 6.33. The second-order valence-corrected chi connectivity index (χ2v) is 5.14. The quantitative estimate of drug-likeness (QED) is 0.808. The average Bonchev–Trinajstić information content (AvgIpc) is 2.25. The number of hydrogen-bond donors (Lipinski definition) is 1. The van der Waals surface area contributed by atoms with Crippen LogP contribution in [0.5, 0.6) is 0 Å². The zero-order valence-corrected chi connectivity index (χ0v) is 10.7. The third-order valence-electron chi connectivity index (χ3n) is 3.56. The van der Waals surface area contributed by atoms with E-state index < -0.39 is 12.1 Å². The van der Waals surface area contributed by atoms with Crippen molar-refractivity contribution >= 4 is 0 Å². The predicted molar refractivity (Wildman–Crippen MR) is 62.9 cm³/mol. The molecule has 1 fully saturated rings. The summed E-state index contributed by atoms with van der Waals surface area (Å²) in [4.78, 5) is 2.12. The summed E-state index contributed by atoms with van der Waals surface area (Å²) in [5.41, 5.74) is 0. The van der Waals surface area contributed by atoms with Gasteiger partial charge in [-0.25, -0.2) is 0 Å². The Morgan fingerprint density at radius 1 is 1.29 bits per heavy atom. The van der Waals surface area contributed by atoms with Crippen LogP contribution in [0.2, 0.25) is 0 Å². The Kier molecular flexibility index (Phi) is 5.73. The molecule has 1 aliphatic carbocycles. The van der Waals surface area contributed by atoms with Gasteiger partial charge in [0.1, 0.15) is 0 Å². The fourth-order valence-electron chi connectivity index (χ4n) is 2.59. The van der Waals surface area contributed by atoms with Gasteiger partial charge in [0.05, 0.1) is 5.92 Å². The van der Waals surface area contributed by atoms with Crippen molar-refractivity contribution in [3.63, 3.8) is 0 Å².